The Kier molecular flexibility index (Phi) is 1.82. The number of thiol groups is 1. The van der Waals surface area contributed by atoms with Gasteiger partial charge in [0.1, 0.15) is 0 Å². The van der Waals surface area contributed by atoms with Crippen molar-refractivity contribution in [3.8, 4) is 0 Å². The Morgan fingerprint density at radius 2 is 2.40 bits per heavy atom. The lowest BCUT2D eigenvalue weighted by Crippen LogP contribution is -1.96. The first-order chi connectivity index (χ1) is 4.61. The van der Waals surface area contributed by atoms with Crippen LogP contribution in [0.15, 0.2) is 9.51 Å². The number of hydrogen-bond donors (Lipinski definition) is 3. The third-order valence-electron chi connectivity index (χ3n) is 0.844. The summed E-state index contributed by atoms with van der Waals surface area (Å²) < 4.78 is 4.62. The number of aromatic carboxylic acids is 1. The van der Waals surface area contributed by atoms with Crippen molar-refractivity contribution in [3.63, 3.8) is 0 Å². The Bertz CT molecular complexity index is 313. The number of aromatic amines is 1. The van der Waals surface area contributed by atoms with E-state index in [9.17, 15) is 4.79 Å². The van der Waals surface area contributed by atoms with Crippen LogP contribution in [0.1, 0.15) is 10.5 Å². The van der Waals surface area contributed by atoms with E-state index >= 15 is 0 Å². The molecular weight excluding hydrogens is 174 g/mol. The van der Waals surface area contributed by atoms with Gasteiger partial charge < -0.3 is 14.5 Å². The fourth-order valence-corrected chi connectivity index (χ4v) is 0.955. The highest BCUT2D eigenvalue weighted by Gasteiger charge is 2.10. The highest BCUT2D eigenvalue weighted by atomic mass is 32.1. The molecule has 0 saturated heterocycles. The van der Waals surface area contributed by atoms with Crippen molar-refractivity contribution in [1.82, 2.24) is 4.98 Å². The van der Waals surface area contributed by atoms with Gasteiger partial charge in [-0.1, -0.05) is 0 Å². The smallest absolute Gasteiger partial charge is 0.356 e. The topological polar surface area (TPSA) is 66.2 Å². The summed E-state index contributed by atoms with van der Waals surface area (Å²) in [4.78, 5) is 12.6. The van der Waals surface area contributed by atoms with Crippen LogP contribution in [-0.4, -0.2) is 16.1 Å². The molecule has 6 heteroatoms. The normalized spacial score (nSPS) is 9.70. The highest BCUT2D eigenvalue weighted by molar-refractivity contribution is 7.80. The Morgan fingerprint density at radius 3 is 2.60 bits per heavy atom. The molecule has 0 aromatic carbocycles. The molecule has 1 aromatic heterocycles. The van der Waals surface area contributed by atoms with E-state index in [4.69, 9.17) is 5.11 Å². The predicted octanol–water partition coefficient (Wildman–Crippen LogP) is 1.32. The van der Waals surface area contributed by atoms with Crippen molar-refractivity contribution in [2.75, 3.05) is 0 Å². The predicted molar refractivity (Wildman–Crippen MR) is 38.1 cm³/mol. The van der Waals surface area contributed by atoms with Gasteiger partial charge in [-0.2, -0.15) is 0 Å². The largest absolute Gasteiger partial charge is 0.476 e. The second-order valence-electron chi connectivity index (χ2n) is 1.50. The summed E-state index contributed by atoms with van der Waals surface area (Å²) >= 11 is 8.22. The molecule has 0 atom stereocenters. The van der Waals surface area contributed by atoms with Gasteiger partial charge in [0, 0.05) is 0 Å². The number of carboxylic acids is 1. The molecule has 4 nitrogen and oxygen atoms in total. The number of carbonyl (C=O) groups is 1. The summed E-state index contributed by atoms with van der Waals surface area (Å²) in [7, 11) is 0. The number of hydrogen-bond acceptors (Lipinski definition) is 4. The maximum absolute atomic E-state index is 10.2. The van der Waals surface area contributed by atoms with Crippen molar-refractivity contribution >= 4 is 30.8 Å². The second-order valence-corrected chi connectivity index (χ2v) is 2.28. The number of rotatable bonds is 1. The molecule has 0 unspecified atom stereocenters. The first-order valence-electron chi connectivity index (χ1n) is 2.26. The molecule has 0 aliphatic heterocycles. The minimum Gasteiger partial charge on any atom is -0.476 e. The van der Waals surface area contributed by atoms with Gasteiger partial charge in [-0.05, 0) is 12.2 Å². The minimum atomic E-state index is -1.13. The van der Waals surface area contributed by atoms with Crippen molar-refractivity contribution in [3.05, 3.63) is 10.5 Å². The van der Waals surface area contributed by atoms with Crippen molar-refractivity contribution in [2.45, 2.75) is 5.09 Å². The van der Waals surface area contributed by atoms with Gasteiger partial charge in [0.2, 0.25) is 0 Å². The fourth-order valence-electron chi connectivity index (χ4n) is 0.465. The molecule has 0 bridgehead atoms. The van der Waals surface area contributed by atoms with E-state index in [0.29, 0.717) is 0 Å². The van der Waals surface area contributed by atoms with Crippen LogP contribution >= 0.6 is 24.8 Å². The van der Waals surface area contributed by atoms with Gasteiger partial charge in [0.15, 0.2) is 10.8 Å². The van der Waals surface area contributed by atoms with E-state index in [-0.39, 0.29) is 15.6 Å². The van der Waals surface area contributed by atoms with E-state index in [2.05, 4.69) is 34.2 Å². The van der Waals surface area contributed by atoms with E-state index in [1.165, 1.54) is 0 Å². The number of H-pyrrole nitrogens is 1. The maximum atomic E-state index is 10.2. The van der Waals surface area contributed by atoms with Gasteiger partial charge in [0.25, 0.3) is 4.84 Å². The molecule has 10 heavy (non-hydrogen) atoms. The quantitative estimate of drug-likeness (QED) is 0.447. The summed E-state index contributed by atoms with van der Waals surface area (Å²) in [6.07, 6.45) is 0. The SMILES string of the molecule is O=C(O)c1[nH]c(=S)oc1S. The summed E-state index contributed by atoms with van der Waals surface area (Å²) in [5, 5.41) is 8.39. The van der Waals surface area contributed by atoms with Crippen LogP contribution < -0.4 is 0 Å². The summed E-state index contributed by atoms with van der Waals surface area (Å²) in [6, 6.07) is 0. The Morgan fingerprint density at radius 1 is 1.80 bits per heavy atom. The van der Waals surface area contributed by atoms with Crippen LogP contribution in [0.5, 0.6) is 0 Å². The zero-order chi connectivity index (χ0) is 7.72. The van der Waals surface area contributed by atoms with E-state index < -0.39 is 5.97 Å². The molecule has 0 radical (unpaired) electrons. The lowest BCUT2D eigenvalue weighted by Gasteiger charge is -1.83. The van der Waals surface area contributed by atoms with Gasteiger partial charge >= 0.3 is 5.97 Å². The minimum absolute atomic E-state index is 0.00231. The number of nitrogens with one attached hydrogen (secondary N) is 1. The van der Waals surface area contributed by atoms with Crippen molar-refractivity contribution in [1.29, 1.82) is 0 Å². The van der Waals surface area contributed by atoms with Crippen LogP contribution in [-0.2, 0) is 0 Å². The molecule has 0 aliphatic rings. The molecular formula is C4H3NO3S2. The molecule has 0 fully saturated rings. The van der Waals surface area contributed by atoms with Crippen LogP contribution in [0.2, 0.25) is 0 Å². The number of oxazole rings is 1. The zero-order valence-corrected chi connectivity index (χ0v) is 6.33. The van der Waals surface area contributed by atoms with Gasteiger partial charge in [-0.3, -0.25) is 0 Å². The lowest BCUT2D eigenvalue weighted by atomic mass is 10.5. The summed E-state index contributed by atoms with van der Waals surface area (Å²) in [5.74, 6) is -1.13. The summed E-state index contributed by atoms with van der Waals surface area (Å²) in [5.41, 5.74) is -0.117. The van der Waals surface area contributed by atoms with E-state index in [1.807, 2.05) is 0 Å². The standard InChI is InChI=1S/C4H3NO3S2/c6-2(7)1-3(9)8-4(10)5-1/h9H,(H,5,10)(H,6,7). The third-order valence-corrected chi connectivity index (χ3v) is 1.34. The molecule has 0 spiro atoms. The van der Waals surface area contributed by atoms with Crippen LogP contribution in [0.3, 0.4) is 0 Å². The van der Waals surface area contributed by atoms with Crippen molar-refractivity contribution in [2.24, 2.45) is 0 Å². The first kappa shape index (κ1) is 7.36. The Balaban J connectivity index is 3.28. The van der Waals surface area contributed by atoms with E-state index in [0.717, 1.165) is 0 Å². The number of aromatic nitrogens is 1. The van der Waals surface area contributed by atoms with Crippen LogP contribution in [0, 0.1) is 4.84 Å². The van der Waals surface area contributed by atoms with Gasteiger partial charge in [-0.25, -0.2) is 4.79 Å². The highest BCUT2D eigenvalue weighted by Crippen LogP contribution is 2.11. The molecule has 1 heterocycles. The second kappa shape index (κ2) is 2.47. The summed E-state index contributed by atoms with van der Waals surface area (Å²) in [6.45, 7) is 0. The average Bonchev–Trinajstić information content (AvgIpc) is 2.10. The Labute approximate surface area is 66.3 Å². The molecule has 1 aromatic rings. The maximum Gasteiger partial charge on any atom is 0.356 e. The average molecular weight is 177 g/mol. The molecule has 54 valence electrons. The van der Waals surface area contributed by atoms with Gasteiger partial charge in [0.05, 0.1) is 0 Å². The first-order valence-corrected chi connectivity index (χ1v) is 3.12. The molecule has 1 rings (SSSR count). The van der Waals surface area contributed by atoms with Crippen LogP contribution in [0.25, 0.3) is 0 Å². The third kappa shape index (κ3) is 1.22. The lowest BCUT2D eigenvalue weighted by molar-refractivity contribution is 0.0685. The number of carboxylic acid groups (broad SMARTS) is 1. The zero-order valence-electron chi connectivity index (χ0n) is 4.62. The fraction of sp³-hybridized carbons (Fsp3) is 0. The van der Waals surface area contributed by atoms with Crippen molar-refractivity contribution < 1.29 is 14.3 Å². The van der Waals surface area contributed by atoms with E-state index in [1.54, 1.807) is 0 Å². The Hall–Kier alpha value is -0.750. The van der Waals surface area contributed by atoms with Crippen LogP contribution in [0.4, 0.5) is 0 Å². The van der Waals surface area contributed by atoms with Gasteiger partial charge in [-0.15, -0.1) is 12.6 Å². The monoisotopic (exact) mass is 177 g/mol. The molecule has 0 aliphatic carbocycles. The molecule has 2 N–H and O–H groups in total. The molecule has 0 saturated carbocycles. The molecule has 0 amide bonds.